The number of allylic oxidation sites excluding steroid dienone is 1. The molecule has 0 radical (unpaired) electrons. The van der Waals surface area contributed by atoms with Crippen molar-refractivity contribution in [1.29, 1.82) is 0 Å². The van der Waals surface area contributed by atoms with Gasteiger partial charge in [-0.15, -0.1) is 0 Å². The first-order valence-corrected chi connectivity index (χ1v) is 4.17. The maximum atomic E-state index is 11.6. The number of nitrogens with zero attached hydrogens (tertiary/aromatic N) is 2. The minimum absolute atomic E-state index is 0.155. The highest BCUT2D eigenvalue weighted by Gasteiger charge is 2.36. The number of amides is 1. The molecule has 1 aliphatic rings. The Kier molecular flexibility index (Phi) is 2.26. The molecule has 0 saturated heterocycles. The molecule has 0 saturated carbocycles. The highest BCUT2D eigenvalue weighted by Crippen LogP contribution is 2.17. The Balaban J connectivity index is 2.69. The molecule has 1 aliphatic heterocycles. The van der Waals surface area contributed by atoms with E-state index in [1.807, 2.05) is 20.8 Å². The predicted molar refractivity (Wildman–Crippen MR) is 50.1 cm³/mol. The lowest BCUT2D eigenvalue weighted by atomic mass is 10.2. The summed E-state index contributed by atoms with van der Waals surface area (Å²) in [6.45, 7) is 5.50. The summed E-state index contributed by atoms with van der Waals surface area (Å²) < 4.78 is 5.04. The highest BCUT2D eigenvalue weighted by molar-refractivity contribution is 5.74. The van der Waals surface area contributed by atoms with Crippen LogP contribution in [0.25, 0.3) is 0 Å². The van der Waals surface area contributed by atoms with Crippen LogP contribution in [0.2, 0.25) is 0 Å². The van der Waals surface area contributed by atoms with E-state index in [1.54, 1.807) is 25.5 Å². The van der Waals surface area contributed by atoms with Gasteiger partial charge < -0.3 is 4.74 Å². The maximum absolute atomic E-state index is 11.6. The van der Waals surface area contributed by atoms with Gasteiger partial charge in [0.1, 0.15) is 18.8 Å². The van der Waals surface area contributed by atoms with Crippen LogP contribution in [-0.2, 0) is 4.74 Å². The van der Waals surface area contributed by atoms with E-state index in [2.05, 4.69) is 5.10 Å². The quantitative estimate of drug-likeness (QED) is 0.538. The van der Waals surface area contributed by atoms with E-state index in [4.69, 9.17) is 4.74 Å². The lowest BCUT2D eigenvalue weighted by Crippen LogP contribution is -2.42. The van der Waals surface area contributed by atoms with Crippen LogP contribution in [0.5, 0.6) is 0 Å². The zero-order valence-corrected chi connectivity index (χ0v) is 8.44. The van der Waals surface area contributed by atoms with Gasteiger partial charge in [0.25, 0.3) is 0 Å². The van der Waals surface area contributed by atoms with Crippen LogP contribution in [-0.4, -0.2) is 29.5 Å². The molecule has 0 fully saturated rings. The Morgan fingerprint density at radius 1 is 1.46 bits per heavy atom. The van der Waals surface area contributed by atoms with Gasteiger partial charge in [0.2, 0.25) is 0 Å². The van der Waals surface area contributed by atoms with Crippen LogP contribution in [0.1, 0.15) is 20.8 Å². The number of hydrogen-bond acceptors (Lipinski definition) is 3. The van der Waals surface area contributed by atoms with Crippen molar-refractivity contribution in [3.05, 3.63) is 12.3 Å². The summed E-state index contributed by atoms with van der Waals surface area (Å²) >= 11 is 0. The van der Waals surface area contributed by atoms with Crippen molar-refractivity contribution >= 4 is 12.3 Å². The molecule has 1 unspecified atom stereocenters. The van der Waals surface area contributed by atoms with E-state index in [1.165, 1.54) is 0 Å². The van der Waals surface area contributed by atoms with Crippen molar-refractivity contribution in [2.24, 2.45) is 5.10 Å². The molecule has 0 aromatic carbocycles. The number of hydrogen-bond donors (Lipinski definition) is 0. The molecular weight excluding hydrogens is 168 g/mol. The zero-order valence-electron chi connectivity index (χ0n) is 8.44. The molecule has 0 aromatic rings. The van der Waals surface area contributed by atoms with E-state index >= 15 is 0 Å². The normalized spacial score (nSPS) is 26.5. The molecule has 1 heterocycles. The molecular formula is C9H15N2O2+. The van der Waals surface area contributed by atoms with Crippen LogP contribution >= 0.6 is 0 Å². The fourth-order valence-electron chi connectivity index (χ4n) is 0.884. The molecule has 0 aliphatic carbocycles. The molecule has 4 heteroatoms. The third-order valence-corrected chi connectivity index (χ3v) is 1.53. The molecule has 0 aromatic heterocycles. The van der Waals surface area contributed by atoms with Crippen molar-refractivity contribution in [2.75, 3.05) is 7.05 Å². The van der Waals surface area contributed by atoms with Crippen LogP contribution in [0, 0.1) is 0 Å². The second kappa shape index (κ2) is 2.96. The van der Waals surface area contributed by atoms with Crippen LogP contribution < -0.4 is 0 Å². The molecule has 13 heavy (non-hydrogen) atoms. The molecule has 0 bridgehead atoms. The Morgan fingerprint density at radius 2 is 2.08 bits per heavy atom. The Bertz CT molecular complexity index is 262. The van der Waals surface area contributed by atoms with Crippen molar-refractivity contribution in [3.63, 3.8) is 0 Å². The van der Waals surface area contributed by atoms with Crippen molar-refractivity contribution < 1.29 is 14.1 Å². The van der Waals surface area contributed by atoms with E-state index in [0.717, 1.165) is 0 Å². The van der Waals surface area contributed by atoms with Crippen LogP contribution in [0.15, 0.2) is 17.4 Å². The molecule has 0 spiro atoms. The van der Waals surface area contributed by atoms with Crippen molar-refractivity contribution in [3.8, 4) is 0 Å². The van der Waals surface area contributed by atoms with Gasteiger partial charge in [0.15, 0.2) is 0 Å². The summed E-state index contributed by atoms with van der Waals surface area (Å²) in [7, 11) is 1.67. The fourth-order valence-corrected chi connectivity index (χ4v) is 0.884. The number of rotatable bonds is 0. The van der Waals surface area contributed by atoms with Crippen molar-refractivity contribution in [1.82, 2.24) is 0 Å². The second-order valence-corrected chi connectivity index (χ2v) is 4.11. The smallest absolute Gasteiger partial charge is 0.412 e. The summed E-state index contributed by atoms with van der Waals surface area (Å²) in [5, 5.41) is 3.98. The highest BCUT2D eigenvalue weighted by atomic mass is 16.6. The number of carbonyl (C=O) groups is 1. The first kappa shape index (κ1) is 9.92. The zero-order chi connectivity index (χ0) is 10.1. The monoisotopic (exact) mass is 183 g/mol. The van der Waals surface area contributed by atoms with Gasteiger partial charge in [-0.05, 0) is 20.8 Å². The van der Waals surface area contributed by atoms with Gasteiger partial charge in [-0.2, -0.15) is 4.79 Å². The van der Waals surface area contributed by atoms with E-state index in [-0.39, 0.29) is 10.7 Å². The number of quaternary nitrogens is 1. The van der Waals surface area contributed by atoms with Crippen LogP contribution in [0.4, 0.5) is 4.79 Å². The van der Waals surface area contributed by atoms with Gasteiger partial charge >= 0.3 is 6.09 Å². The predicted octanol–water partition coefficient (Wildman–Crippen LogP) is 1.88. The lowest BCUT2D eigenvalue weighted by molar-refractivity contribution is -0.789. The van der Waals surface area contributed by atoms with Crippen molar-refractivity contribution in [2.45, 2.75) is 26.4 Å². The first-order chi connectivity index (χ1) is 5.83. The minimum Gasteiger partial charge on any atom is -0.412 e. The van der Waals surface area contributed by atoms with E-state index < -0.39 is 5.60 Å². The summed E-state index contributed by atoms with van der Waals surface area (Å²) in [6, 6.07) is 0. The second-order valence-electron chi connectivity index (χ2n) is 4.11. The average Bonchev–Trinajstić information content (AvgIpc) is 2.33. The lowest BCUT2D eigenvalue weighted by Gasteiger charge is -2.23. The molecule has 1 amide bonds. The van der Waals surface area contributed by atoms with Gasteiger partial charge in [-0.25, -0.2) is 0 Å². The Hall–Kier alpha value is -1.16. The standard InChI is InChI=1S/C9H15N2O2/c1-9(2,3)13-8(12)11(4)7-5-6-10-11/h5-7H,1-4H3/q+1. The summed E-state index contributed by atoms with van der Waals surface area (Å²) in [5.74, 6) is 0. The molecule has 1 rings (SSSR count). The average molecular weight is 183 g/mol. The fraction of sp³-hybridized carbons (Fsp3) is 0.556. The molecule has 72 valence electrons. The third kappa shape index (κ3) is 2.39. The molecule has 4 nitrogen and oxygen atoms in total. The summed E-state index contributed by atoms with van der Waals surface area (Å²) in [5.41, 5.74) is -0.468. The van der Waals surface area contributed by atoms with E-state index in [0.29, 0.717) is 0 Å². The largest absolute Gasteiger partial charge is 0.548 e. The van der Waals surface area contributed by atoms with Gasteiger partial charge in [-0.3, -0.25) is 0 Å². The SMILES string of the molecule is CC(C)(C)OC(=O)[N+]1(C)C=CC=N1. The first-order valence-electron chi connectivity index (χ1n) is 4.17. The minimum atomic E-state index is -0.468. The topological polar surface area (TPSA) is 38.7 Å². The number of ether oxygens (including phenoxy) is 1. The molecule has 0 N–H and O–H groups in total. The third-order valence-electron chi connectivity index (χ3n) is 1.53. The van der Waals surface area contributed by atoms with Crippen LogP contribution in [0.3, 0.4) is 0 Å². The Labute approximate surface area is 78.1 Å². The number of carbonyl (C=O) groups excluding carboxylic acids is 1. The molecule has 1 atom stereocenters. The van der Waals surface area contributed by atoms with Gasteiger partial charge in [0, 0.05) is 6.08 Å². The van der Waals surface area contributed by atoms with Gasteiger partial charge in [-0.1, -0.05) is 9.69 Å². The maximum Gasteiger partial charge on any atom is 0.548 e. The van der Waals surface area contributed by atoms with Gasteiger partial charge in [0.05, 0.1) is 6.21 Å². The van der Waals surface area contributed by atoms with E-state index in [9.17, 15) is 4.79 Å². The summed E-state index contributed by atoms with van der Waals surface area (Å²) in [6.07, 6.45) is 4.62. The Morgan fingerprint density at radius 3 is 2.46 bits per heavy atom. The summed E-state index contributed by atoms with van der Waals surface area (Å²) in [4.78, 5) is 11.6.